The second kappa shape index (κ2) is 5.28. The van der Waals surface area contributed by atoms with Gasteiger partial charge in [-0.15, -0.1) is 0 Å². The van der Waals surface area contributed by atoms with E-state index in [1.807, 2.05) is 31.0 Å². The molecule has 98 valence electrons. The van der Waals surface area contributed by atoms with Crippen LogP contribution in [-0.2, 0) is 0 Å². The highest BCUT2D eigenvalue weighted by atomic mass is 79.9. The van der Waals surface area contributed by atoms with Gasteiger partial charge in [0.25, 0.3) is 0 Å². The molecule has 4 nitrogen and oxygen atoms in total. The number of halogens is 1. The van der Waals surface area contributed by atoms with Crippen LogP contribution in [0.4, 0.5) is 4.79 Å². The van der Waals surface area contributed by atoms with Crippen molar-refractivity contribution in [3.05, 3.63) is 34.3 Å². The minimum absolute atomic E-state index is 0.0564. The summed E-state index contributed by atoms with van der Waals surface area (Å²) in [4.78, 5) is 15.8. The fourth-order valence-electron chi connectivity index (χ4n) is 2.23. The lowest BCUT2D eigenvalue weighted by Crippen LogP contribution is -2.40. The zero-order valence-corrected chi connectivity index (χ0v) is 12.2. The molecule has 1 fully saturated rings. The van der Waals surface area contributed by atoms with Gasteiger partial charge in [0.2, 0.25) is 0 Å². The molecule has 5 heteroatoms. The maximum atomic E-state index is 12.1. The highest BCUT2D eigenvalue weighted by Crippen LogP contribution is 2.29. The van der Waals surface area contributed by atoms with Crippen LogP contribution in [0.25, 0.3) is 0 Å². The Labute approximate surface area is 116 Å². The highest BCUT2D eigenvalue weighted by Gasteiger charge is 2.37. The molecule has 2 atom stereocenters. The molecular weight excluding hydrogens is 294 g/mol. The van der Waals surface area contributed by atoms with Crippen molar-refractivity contribution in [1.29, 1.82) is 0 Å². The molecule has 1 aromatic carbocycles. The van der Waals surface area contributed by atoms with Crippen molar-refractivity contribution >= 4 is 22.0 Å². The number of carbonyl (C=O) groups is 1. The number of hydrogen-bond donors (Lipinski definition) is 1. The Morgan fingerprint density at radius 3 is 2.61 bits per heavy atom. The van der Waals surface area contributed by atoms with E-state index in [1.54, 1.807) is 4.90 Å². The van der Waals surface area contributed by atoms with Gasteiger partial charge in [0.1, 0.15) is 0 Å². The minimum Gasteiger partial charge on any atom is -0.328 e. The number of likely N-dealkylation sites (N-methyl/N-ethyl adjacent to an activating group) is 1. The van der Waals surface area contributed by atoms with Crippen LogP contribution in [0.5, 0.6) is 0 Å². The molecule has 2 amide bonds. The highest BCUT2D eigenvalue weighted by molar-refractivity contribution is 9.10. The molecule has 1 aliphatic rings. The Kier molecular flexibility index (Phi) is 3.92. The third kappa shape index (κ3) is 2.37. The molecule has 0 radical (unpaired) electrons. The minimum atomic E-state index is 0.0564. The molecule has 18 heavy (non-hydrogen) atoms. The zero-order valence-electron chi connectivity index (χ0n) is 10.6. The molecule has 0 spiro atoms. The van der Waals surface area contributed by atoms with Crippen LogP contribution >= 0.6 is 15.9 Å². The summed E-state index contributed by atoms with van der Waals surface area (Å²) in [7, 11) is 1.85. The van der Waals surface area contributed by atoms with Gasteiger partial charge in [-0.3, -0.25) is 0 Å². The quantitative estimate of drug-likeness (QED) is 0.930. The summed E-state index contributed by atoms with van der Waals surface area (Å²) in [5.41, 5.74) is 6.80. The van der Waals surface area contributed by atoms with Crippen LogP contribution < -0.4 is 5.73 Å². The maximum absolute atomic E-state index is 12.1. The van der Waals surface area contributed by atoms with Crippen LogP contribution in [-0.4, -0.2) is 42.0 Å². The van der Waals surface area contributed by atoms with Crippen molar-refractivity contribution in [3.63, 3.8) is 0 Å². The lowest BCUT2D eigenvalue weighted by molar-refractivity contribution is 0.185. The van der Waals surface area contributed by atoms with E-state index in [1.165, 1.54) is 0 Å². The predicted molar refractivity (Wildman–Crippen MR) is 75.3 cm³/mol. The van der Waals surface area contributed by atoms with Gasteiger partial charge in [0, 0.05) is 30.7 Å². The first-order chi connectivity index (χ1) is 8.54. The summed E-state index contributed by atoms with van der Waals surface area (Å²) in [5.74, 6) is 0. The van der Waals surface area contributed by atoms with Crippen molar-refractivity contribution in [2.45, 2.75) is 19.0 Å². The number of nitrogens with zero attached hydrogens (tertiary/aromatic N) is 2. The summed E-state index contributed by atoms with van der Waals surface area (Å²) < 4.78 is 1.05. The number of urea groups is 1. The fraction of sp³-hybridized carbons (Fsp3) is 0.462. The standard InChI is InChI=1S/C13H18BrN3O/c1-9(7-15)17-8-12(16(2)13(17)18)10-3-5-11(14)6-4-10/h3-6,9,12H,7-8,15H2,1-2H3. The molecule has 0 saturated carbocycles. The summed E-state index contributed by atoms with van der Waals surface area (Å²) in [6.07, 6.45) is 0. The summed E-state index contributed by atoms with van der Waals surface area (Å²) in [5, 5.41) is 0. The van der Waals surface area contributed by atoms with Gasteiger partial charge >= 0.3 is 6.03 Å². The van der Waals surface area contributed by atoms with E-state index in [4.69, 9.17) is 5.73 Å². The number of nitrogens with two attached hydrogens (primary N) is 1. The van der Waals surface area contributed by atoms with Gasteiger partial charge in [-0.1, -0.05) is 28.1 Å². The van der Waals surface area contributed by atoms with Gasteiger partial charge in [-0.2, -0.15) is 0 Å². The van der Waals surface area contributed by atoms with Gasteiger partial charge in [0.05, 0.1) is 6.04 Å². The predicted octanol–water partition coefficient (Wildman–Crippen LogP) is 2.20. The lowest BCUT2D eigenvalue weighted by Gasteiger charge is -2.21. The van der Waals surface area contributed by atoms with Crippen LogP contribution in [0.1, 0.15) is 18.5 Å². The Morgan fingerprint density at radius 1 is 1.44 bits per heavy atom. The van der Waals surface area contributed by atoms with Gasteiger partial charge in [-0.05, 0) is 24.6 Å². The number of benzene rings is 1. The topological polar surface area (TPSA) is 49.6 Å². The Balaban J connectivity index is 2.21. The molecule has 2 rings (SSSR count). The average Bonchev–Trinajstić information content (AvgIpc) is 2.67. The van der Waals surface area contributed by atoms with Crippen molar-refractivity contribution in [2.75, 3.05) is 20.1 Å². The number of hydrogen-bond acceptors (Lipinski definition) is 2. The van der Waals surface area contributed by atoms with Crippen molar-refractivity contribution in [3.8, 4) is 0 Å². The van der Waals surface area contributed by atoms with E-state index in [9.17, 15) is 4.79 Å². The van der Waals surface area contributed by atoms with Crippen LogP contribution in [0, 0.1) is 0 Å². The molecule has 1 aliphatic heterocycles. The Hall–Kier alpha value is -1.07. The Morgan fingerprint density at radius 2 is 2.06 bits per heavy atom. The average molecular weight is 312 g/mol. The van der Waals surface area contributed by atoms with E-state index in [2.05, 4.69) is 28.1 Å². The molecule has 2 unspecified atom stereocenters. The van der Waals surface area contributed by atoms with Gasteiger partial charge in [-0.25, -0.2) is 4.79 Å². The summed E-state index contributed by atoms with van der Waals surface area (Å²) in [6, 6.07) is 8.36. The first kappa shape index (κ1) is 13.4. The van der Waals surface area contributed by atoms with E-state index < -0.39 is 0 Å². The van der Waals surface area contributed by atoms with Gasteiger partial charge in [0.15, 0.2) is 0 Å². The Bertz CT molecular complexity index is 434. The molecule has 1 aromatic rings. The normalized spacial score (nSPS) is 21.6. The third-order valence-electron chi connectivity index (χ3n) is 3.51. The molecule has 1 saturated heterocycles. The fourth-order valence-corrected chi connectivity index (χ4v) is 2.50. The van der Waals surface area contributed by atoms with Crippen LogP contribution in [0.3, 0.4) is 0 Å². The van der Waals surface area contributed by atoms with Crippen LogP contribution in [0.15, 0.2) is 28.7 Å². The van der Waals surface area contributed by atoms with Crippen molar-refractivity contribution in [2.24, 2.45) is 5.73 Å². The maximum Gasteiger partial charge on any atom is 0.320 e. The van der Waals surface area contributed by atoms with Gasteiger partial charge < -0.3 is 15.5 Å². The number of carbonyl (C=O) groups excluding carboxylic acids is 1. The molecular formula is C13H18BrN3O. The first-order valence-electron chi connectivity index (χ1n) is 6.03. The molecule has 1 heterocycles. The van der Waals surface area contributed by atoms with E-state index in [0.29, 0.717) is 13.1 Å². The SMILES string of the molecule is CC(CN)N1CC(c2ccc(Br)cc2)N(C)C1=O. The largest absolute Gasteiger partial charge is 0.328 e. The zero-order chi connectivity index (χ0) is 13.3. The van der Waals surface area contributed by atoms with Crippen LogP contribution in [0.2, 0.25) is 0 Å². The van der Waals surface area contributed by atoms with E-state index in [-0.39, 0.29) is 18.1 Å². The lowest BCUT2D eigenvalue weighted by atomic mass is 10.1. The number of rotatable bonds is 3. The van der Waals surface area contributed by atoms with Crippen molar-refractivity contribution in [1.82, 2.24) is 9.80 Å². The molecule has 0 aliphatic carbocycles. The monoisotopic (exact) mass is 311 g/mol. The molecule has 2 N–H and O–H groups in total. The van der Waals surface area contributed by atoms with E-state index >= 15 is 0 Å². The second-order valence-electron chi connectivity index (χ2n) is 4.70. The summed E-state index contributed by atoms with van der Waals surface area (Å²) in [6.45, 7) is 3.18. The molecule has 0 aromatic heterocycles. The first-order valence-corrected chi connectivity index (χ1v) is 6.83. The third-order valence-corrected chi connectivity index (χ3v) is 4.04. The second-order valence-corrected chi connectivity index (χ2v) is 5.61. The van der Waals surface area contributed by atoms with Crippen molar-refractivity contribution < 1.29 is 4.79 Å². The van der Waals surface area contributed by atoms with E-state index in [0.717, 1.165) is 10.0 Å². The smallest absolute Gasteiger partial charge is 0.320 e. The summed E-state index contributed by atoms with van der Waals surface area (Å²) >= 11 is 3.42. The number of amides is 2. The molecule has 0 bridgehead atoms.